The summed E-state index contributed by atoms with van der Waals surface area (Å²) in [5.41, 5.74) is 2.55. The lowest BCUT2D eigenvalue weighted by atomic mass is 9.69. The van der Waals surface area contributed by atoms with Gasteiger partial charge in [0.15, 0.2) is 0 Å². The van der Waals surface area contributed by atoms with Gasteiger partial charge in [0, 0.05) is 0 Å². The Morgan fingerprint density at radius 1 is 1.56 bits per heavy atom. The average Bonchev–Trinajstić information content (AvgIpc) is 2.17. The fourth-order valence-corrected chi connectivity index (χ4v) is 2.52. The van der Waals surface area contributed by atoms with Crippen LogP contribution in [0.2, 0.25) is 0 Å². The van der Waals surface area contributed by atoms with Gasteiger partial charge in [-0.25, -0.2) is 0 Å². The first-order chi connectivity index (χ1) is 7.44. The maximum Gasteiger partial charge on any atom is 0.0825 e. The zero-order valence-electron chi connectivity index (χ0n) is 10.3. The molecule has 3 nitrogen and oxygen atoms in total. The lowest BCUT2D eigenvalue weighted by Crippen LogP contribution is -2.32. The van der Waals surface area contributed by atoms with Crippen molar-refractivity contribution in [2.45, 2.75) is 46.1 Å². The van der Waals surface area contributed by atoms with Crippen molar-refractivity contribution in [1.29, 1.82) is 0 Å². The topological polar surface area (TPSA) is 52.8 Å². The second kappa shape index (κ2) is 4.83. The van der Waals surface area contributed by atoms with Crippen LogP contribution in [0, 0.1) is 5.41 Å². The fourth-order valence-electron chi connectivity index (χ4n) is 2.52. The van der Waals surface area contributed by atoms with E-state index in [0.717, 1.165) is 24.0 Å². The molecular weight excluding hydrogens is 202 g/mol. The molecule has 0 heterocycles. The van der Waals surface area contributed by atoms with E-state index < -0.39 is 6.10 Å². The molecule has 0 saturated carbocycles. The molecule has 0 spiro atoms. The molecule has 1 rings (SSSR count). The van der Waals surface area contributed by atoms with E-state index >= 15 is 0 Å². The maximum absolute atomic E-state index is 10.1. The largest absolute Gasteiger partial charge is 0.411 e. The number of nitrogens with zero attached hydrogens (tertiary/aromatic N) is 1. The third kappa shape index (κ3) is 2.35. The van der Waals surface area contributed by atoms with Crippen molar-refractivity contribution in [1.82, 2.24) is 0 Å². The van der Waals surface area contributed by atoms with E-state index in [1.54, 1.807) is 6.08 Å². The number of aliphatic hydroxyl groups excluding tert-OH is 1. The molecule has 3 heteroatoms. The summed E-state index contributed by atoms with van der Waals surface area (Å²) in [6, 6.07) is 0. The van der Waals surface area contributed by atoms with Gasteiger partial charge < -0.3 is 10.3 Å². The highest BCUT2D eigenvalue weighted by molar-refractivity contribution is 6.01. The molecule has 2 N–H and O–H groups in total. The van der Waals surface area contributed by atoms with Crippen LogP contribution in [0.15, 0.2) is 29.0 Å². The van der Waals surface area contributed by atoms with Gasteiger partial charge in [-0.2, -0.15) is 0 Å². The van der Waals surface area contributed by atoms with Crippen LogP contribution in [0.4, 0.5) is 0 Å². The van der Waals surface area contributed by atoms with Gasteiger partial charge >= 0.3 is 0 Å². The molecule has 1 atom stereocenters. The van der Waals surface area contributed by atoms with Crippen molar-refractivity contribution in [2.24, 2.45) is 10.6 Å². The molecule has 1 aliphatic carbocycles. The first kappa shape index (κ1) is 13.0. The van der Waals surface area contributed by atoms with Gasteiger partial charge in [0.25, 0.3) is 0 Å². The molecule has 0 aromatic rings. The minimum absolute atomic E-state index is 0.0410. The Kier molecular flexibility index (Phi) is 3.92. The van der Waals surface area contributed by atoms with Gasteiger partial charge in [-0.3, -0.25) is 0 Å². The summed E-state index contributed by atoms with van der Waals surface area (Å²) >= 11 is 0. The minimum Gasteiger partial charge on any atom is -0.411 e. The van der Waals surface area contributed by atoms with E-state index in [-0.39, 0.29) is 5.41 Å². The highest BCUT2D eigenvalue weighted by Crippen LogP contribution is 2.41. The summed E-state index contributed by atoms with van der Waals surface area (Å²) in [5.74, 6) is 0. The molecular formula is C13H21NO2. The second-order valence-corrected chi connectivity index (χ2v) is 5.01. The van der Waals surface area contributed by atoms with Crippen molar-refractivity contribution in [3.8, 4) is 0 Å². The third-order valence-corrected chi connectivity index (χ3v) is 3.40. The molecule has 16 heavy (non-hydrogen) atoms. The standard InChI is InChI=1S/C13H21NO2/c1-5-6-11(15)12-9(2)10(14-16)7-8-13(12,3)4/h5,11,15-16H,1,6-8H2,2-4H3/b14-10+. The third-order valence-electron chi connectivity index (χ3n) is 3.40. The SMILES string of the molecule is C=CCC(O)C1=C(C)/C(=N/O)CCC1(C)C. The number of hydrogen-bond acceptors (Lipinski definition) is 3. The van der Waals surface area contributed by atoms with Crippen LogP contribution < -0.4 is 0 Å². The van der Waals surface area contributed by atoms with E-state index in [4.69, 9.17) is 5.21 Å². The highest BCUT2D eigenvalue weighted by Gasteiger charge is 2.34. The first-order valence-electron chi connectivity index (χ1n) is 5.65. The smallest absolute Gasteiger partial charge is 0.0825 e. The summed E-state index contributed by atoms with van der Waals surface area (Å²) in [6.45, 7) is 9.79. The van der Waals surface area contributed by atoms with Gasteiger partial charge in [-0.15, -0.1) is 6.58 Å². The molecule has 90 valence electrons. The predicted molar refractivity (Wildman–Crippen MR) is 65.8 cm³/mol. The Labute approximate surface area is 97.2 Å². The Bertz CT molecular complexity index is 340. The lowest BCUT2D eigenvalue weighted by Gasteiger charge is -2.37. The Morgan fingerprint density at radius 3 is 2.69 bits per heavy atom. The van der Waals surface area contributed by atoms with Crippen LogP contribution >= 0.6 is 0 Å². The monoisotopic (exact) mass is 223 g/mol. The molecule has 0 amide bonds. The summed E-state index contributed by atoms with van der Waals surface area (Å²) in [7, 11) is 0. The van der Waals surface area contributed by atoms with Gasteiger partial charge in [-0.1, -0.05) is 25.1 Å². The van der Waals surface area contributed by atoms with Gasteiger partial charge in [0.2, 0.25) is 0 Å². The van der Waals surface area contributed by atoms with Crippen LogP contribution in [-0.4, -0.2) is 22.1 Å². The normalized spacial score (nSPS) is 24.6. The van der Waals surface area contributed by atoms with Gasteiger partial charge in [0.1, 0.15) is 0 Å². The van der Waals surface area contributed by atoms with Crippen molar-refractivity contribution in [2.75, 3.05) is 0 Å². The fraction of sp³-hybridized carbons (Fsp3) is 0.615. The number of hydrogen-bond donors (Lipinski definition) is 2. The molecule has 1 aliphatic rings. The van der Waals surface area contributed by atoms with Gasteiger partial charge in [-0.05, 0) is 42.7 Å². The highest BCUT2D eigenvalue weighted by atomic mass is 16.4. The number of oxime groups is 1. The van der Waals surface area contributed by atoms with E-state index in [1.807, 2.05) is 6.92 Å². The quantitative estimate of drug-likeness (QED) is 0.439. The Morgan fingerprint density at radius 2 is 2.19 bits per heavy atom. The van der Waals surface area contributed by atoms with Crippen molar-refractivity contribution in [3.63, 3.8) is 0 Å². The summed E-state index contributed by atoms with van der Waals surface area (Å²) in [4.78, 5) is 0. The summed E-state index contributed by atoms with van der Waals surface area (Å²) in [6.07, 6.45) is 3.39. The first-order valence-corrected chi connectivity index (χ1v) is 5.65. The zero-order chi connectivity index (χ0) is 12.3. The number of aliphatic hydroxyl groups is 1. The van der Waals surface area contributed by atoms with E-state index in [1.165, 1.54) is 0 Å². The maximum atomic E-state index is 10.1. The lowest BCUT2D eigenvalue weighted by molar-refractivity contribution is 0.177. The molecule has 0 radical (unpaired) electrons. The molecule has 1 unspecified atom stereocenters. The second-order valence-electron chi connectivity index (χ2n) is 5.01. The zero-order valence-corrected chi connectivity index (χ0v) is 10.3. The minimum atomic E-state index is -0.524. The number of allylic oxidation sites excluding steroid dienone is 1. The molecule has 0 saturated heterocycles. The van der Waals surface area contributed by atoms with E-state index in [9.17, 15) is 5.11 Å². The predicted octanol–water partition coefficient (Wildman–Crippen LogP) is 2.89. The van der Waals surface area contributed by atoms with Crippen LogP contribution in [0.5, 0.6) is 0 Å². The summed E-state index contributed by atoms with van der Waals surface area (Å²) in [5, 5.41) is 22.3. The molecule has 0 fully saturated rings. The van der Waals surface area contributed by atoms with Crippen LogP contribution in [-0.2, 0) is 0 Å². The van der Waals surface area contributed by atoms with Crippen molar-refractivity contribution >= 4 is 5.71 Å². The van der Waals surface area contributed by atoms with Crippen LogP contribution in [0.25, 0.3) is 0 Å². The van der Waals surface area contributed by atoms with E-state index in [0.29, 0.717) is 12.1 Å². The number of rotatable bonds is 3. The van der Waals surface area contributed by atoms with Crippen molar-refractivity contribution in [3.05, 3.63) is 23.8 Å². The average molecular weight is 223 g/mol. The molecule has 0 aliphatic heterocycles. The van der Waals surface area contributed by atoms with Gasteiger partial charge in [0.05, 0.1) is 11.8 Å². The molecule has 0 bridgehead atoms. The molecule has 0 aromatic carbocycles. The van der Waals surface area contributed by atoms with Crippen molar-refractivity contribution < 1.29 is 10.3 Å². The van der Waals surface area contributed by atoms with Crippen LogP contribution in [0.1, 0.15) is 40.0 Å². The van der Waals surface area contributed by atoms with E-state index in [2.05, 4.69) is 25.6 Å². The Balaban J connectivity index is 3.18. The summed E-state index contributed by atoms with van der Waals surface area (Å²) < 4.78 is 0. The Hall–Kier alpha value is -1.09. The molecule has 0 aromatic heterocycles. The van der Waals surface area contributed by atoms with Crippen LogP contribution in [0.3, 0.4) is 0 Å².